The fraction of sp³-hybridized carbons (Fsp3) is 0.368. The van der Waals surface area contributed by atoms with Crippen molar-refractivity contribution < 1.29 is 9.53 Å². The molecule has 1 amide bonds. The van der Waals surface area contributed by atoms with Crippen LogP contribution in [-0.2, 0) is 13.1 Å². The summed E-state index contributed by atoms with van der Waals surface area (Å²) in [5, 5.41) is 9.14. The molecular formula is C19H20N6O2. The lowest BCUT2D eigenvalue weighted by atomic mass is 10.1. The van der Waals surface area contributed by atoms with Gasteiger partial charge in [0.25, 0.3) is 5.91 Å². The minimum Gasteiger partial charge on any atom is -0.489 e. The summed E-state index contributed by atoms with van der Waals surface area (Å²) >= 11 is 0. The molecule has 8 heteroatoms. The largest absolute Gasteiger partial charge is 0.489 e. The molecule has 1 saturated heterocycles. The first-order valence-corrected chi connectivity index (χ1v) is 8.93. The minimum absolute atomic E-state index is 0.0206. The van der Waals surface area contributed by atoms with Crippen LogP contribution in [0.3, 0.4) is 0 Å². The molecule has 0 aliphatic carbocycles. The highest BCUT2D eigenvalue weighted by Crippen LogP contribution is 2.30. The van der Waals surface area contributed by atoms with Gasteiger partial charge in [0.15, 0.2) is 6.19 Å². The Hall–Kier alpha value is -3.34. The van der Waals surface area contributed by atoms with Gasteiger partial charge in [-0.15, -0.1) is 0 Å². The number of aromatic nitrogens is 2. The van der Waals surface area contributed by atoms with Crippen LogP contribution in [0.25, 0.3) is 0 Å². The summed E-state index contributed by atoms with van der Waals surface area (Å²) in [7, 11) is 0. The Morgan fingerprint density at radius 2 is 2.00 bits per heavy atom. The Morgan fingerprint density at radius 1 is 1.22 bits per heavy atom. The summed E-state index contributed by atoms with van der Waals surface area (Å²) < 4.78 is 6.05. The lowest BCUT2D eigenvalue weighted by Crippen LogP contribution is -2.39. The summed E-state index contributed by atoms with van der Waals surface area (Å²) in [5.41, 5.74) is 7.80. The first-order valence-electron chi connectivity index (χ1n) is 8.93. The molecule has 0 bridgehead atoms. The number of hydrogen-bond donors (Lipinski definition) is 1. The summed E-state index contributed by atoms with van der Waals surface area (Å²) in [5.74, 6) is 0.964. The number of amides is 1. The number of para-hydroxylation sites is 1. The maximum absolute atomic E-state index is 11.6. The van der Waals surface area contributed by atoms with E-state index in [9.17, 15) is 4.79 Å². The molecule has 2 N–H and O–H groups in total. The first kappa shape index (κ1) is 17.1. The van der Waals surface area contributed by atoms with Crippen LogP contribution in [-0.4, -0.2) is 40.0 Å². The molecule has 2 aromatic rings. The van der Waals surface area contributed by atoms with Crippen molar-refractivity contribution in [3.05, 3.63) is 47.4 Å². The van der Waals surface area contributed by atoms with Crippen molar-refractivity contribution in [3.63, 3.8) is 0 Å². The second kappa shape index (κ2) is 7.11. The number of carbonyl (C=O) groups is 1. The van der Waals surface area contributed by atoms with Crippen LogP contribution < -0.4 is 15.4 Å². The monoisotopic (exact) mass is 364 g/mol. The highest BCUT2D eigenvalue weighted by atomic mass is 16.5. The quantitative estimate of drug-likeness (QED) is 0.817. The molecule has 1 fully saturated rings. The molecule has 27 heavy (non-hydrogen) atoms. The third-order valence-corrected chi connectivity index (χ3v) is 5.03. The van der Waals surface area contributed by atoms with Crippen LogP contribution in [0.1, 0.15) is 34.5 Å². The van der Waals surface area contributed by atoms with E-state index in [0.717, 1.165) is 43.0 Å². The van der Waals surface area contributed by atoms with Gasteiger partial charge in [0.2, 0.25) is 0 Å². The van der Waals surface area contributed by atoms with Crippen molar-refractivity contribution in [2.75, 3.05) is 18.0 Å². The summed E-state index contributed by atoms with van der Waals surface area (Å²) in [6.45, 7) is 2.69. The molecule has 0 radical (unpaired) electrons. The number of carbonyl (C=O) groups excluding carboxylic acids is 1. The van der Waals surface area contributed by atoms with Crippen molar-refractivity contribution in [1.29, 1.82) is 5.26 Å². The van der Waals surface area contributed by atoms with Gasteiger partial charge in [-0.1, -0.05) is 12.1 Å². The summed E-state index contributed by atoms with van der Waals surface area (Å²) in [6, 6.07) is 7.07. The highest BCUT2D eigenvalue weighted by molar-refractivity contribution is 5.95. The van der Waals surface area contributed by atoms with Gasteiger partial charge in [-0.25, -0.2) is 9.97 Å². The third-order valence-electron chi connectivity index (χ3n) is 5.03. The molecule has 0 unspecified atom stereocenters. The molecule has 138 valence electrons. The van der Waals surface area contributed by atoms with E-state index in [2.05, 4.69) is 21.1 Å². The van der Waals surface area contributed by atoms with E-state index in [1.807, 2.05) is 6.07 Å². The third kappa shape index (κ3) is 3.36. The molecular weight excluding hydrogens is 344 g/mol. The van der Waals surface area contributed by atoms with Crippen LogP contribution in [0.4, 0.5) is 5.82 Å². The molecule has 8 nitrogen and oxygen atoms in total. The fourth-order valence-electron chi connectivity index (χ4n) is 3.65. The van der Waals surface area contributed by atoms with Gasteiger partial charge in [-0.05, 0) is 12.1 Å². The van der Waals surface area contributed by atoms with E-state index in [1.54, 1.807) is 29.4 Å². The van der Waals surface area contributed by atoms with Gasteiger partial charge in [-0.2, -0.15) is 5.26 Å². The van der Waals surface area contributed by atoms with E-state index >= 15 is 0 Å². The number of fused-ring (bicyclic) bond motifs is 1. The average Bonchev–Trinajstić information content (AvgIpc) is 3.12. The Bertz CT molecular complexity index is 901. The van der Waals surface area contributed by atoms with E-state index in [1.165, 1.54) is 0 Å². The number of nitrogens with zero attached hydrogens (tertiary/aromatic N) is 5. The number of ether oxygens (including phenoxy) is 1. The molecule has 4 rings (SSSR count). The summed E-state index contributed by atoms with van der Waals surface area (Å²) in [4.78, 5) is 24.2. The Kier molecular flexibility index (Phi) is 4.50. The second-order valence-corrected chi connectivity index (χ2v) is 6.74. The van der Waals surface area contributed by atoms with Crippen molar-refractivity contribution in [2.45, 2.75) is 32.0 Å². The predicted molar refractivity (Wildman–Crippen MR) is 97.7 cm³/mol. The normalized spacial score (nSPS) is 16.7. The zero-order chi connectivity index (χ0) is 18.8. The topological polar surface area (TPSA) is 108 Å². The molecule has 1 aromatic heterocycles. The maximum Gasteiger partial charge on any atom is 0.252 e. The van der Waals surface area contributed by atoms with E-state index < -0.39 is 5.91 Å². The number of benzene rings is 1. The first-order chi connectivity index (χ1) is 13.2. The van der Waals surface area contributed by atoms with Crippen LogP contribution in [0.5, 0.6) is 5.75 Å². The molecule has 0 spiro atoms. The van der Waals surface area contributed by atoms with Gasteiger partial charge < -0.3 is 20.3 Å². The Labute approximate surface area is 157 Å². The van der Waals surface area contributed by atoms with Gasteiger partial charge in [0, 0.05) is 31.5 Å². The number of rotatable bonds is 4. The number of nitrogens with two attached hydrogens (primary N) is 1. The van der Waals surface area contributed by atoms with Crippen LogP contribution in [0.15, 0.2) is 30.6 Å². The minimum atomic E-state index is -0.485. The zero-order valence-electron chi connectivity index (χ0n) is 14.8. The van der Waals surface area contributed by atoms with E-state index in [-0.39, 0.29) is 6.10 Å². The zero-order valence-corrected chi connectivity index (χ0v) is 14.8. The number of nitriles is 1. The molecule has 2 aliphatic heterocycles. The van der Waals surface area contributed by atoms with E-state index in [0.29, 0.717) is 24.4 Å². The van der Waals surface area contributed by atoms with Gasteiger partial charge in [0.1, 0.15) is 24.0 Å². The molecule has 0 saturated carbocycles. The van der Waals surface area contributed by atoms with Crippen molar-refractivity contribution in [2.24, 2.45) is 5.73 Å². The number of hydrogen-bond acceptors (Lipinski definition) is 7. The molecule has 1 aromatic carbocycles. The number of anilines is 1. The molecule has 0 atom stereocenters. The van der Waals surface area contributed by atoms with Crippen LogP contribution in [0, 0.1) is 11.5 Å². The van der Waals surface area contributed by atoms with Gasteiger partial charge in [0.05, 0.1) is 24.3 Å². The van der Waals surface area contributed by atoms with Gasteiger partial charge in [-0.3, -0.25) is 4.79 Å². The van der Waals surface area contributed by atoms with Crippen molar-refractivity contribution >= 4 is 11.7 Å². The van der Waals surface area contributed by atoms with Crippen molar-refractivity contribution in [1.82, 2.24) is 14.9 Å². The fourth-order valence-corrected chi connectivity index (χ4v) is 3.65. The SMILES string of the molecule is N#CN1Cc2ncnc(N3CCC(Oc4ccccc4C(N)=O)CC3)c2C1. The highest BCUT2D eigenvalue weighted by Gasteiger charge is 2.29. The lowest BCUT2D eigenvalue weighted by molar-refractivity contribution is 0.0990. The lowest BCUT2D eigenvalue weighted by Gasteiger charge is -2.34. The molecule has 2 aliphatic rings. The second-order valence-electron chi connectivity index (χ2n) is 6.74. The summed E-state index contributed by atoms with van der Waals surface area (Å²) in [6.07, 6.45) is 5.40. The average molecular weight is 364 g/mol. The van der Waals surface area contributed by atoms with E-state index in [4.69, 9.17) is 15.7 Å². The van der Waals surface area contributed by atoms with Crippen LogP contribution in [0.2, 0.25) is 0 Å². The maximum atomic E-state index is 11.6. The smallest absolute Gasteiger partial charge is 0.252 e. The number of primary amides is 1. The van der Waals surface area contributed by atoms with Crippen LogP contribution >= 0.6 is 0 Å². The standard InChI is InChI=1S/C19H20N6O2/c20-11-24-9-15-16(10-24)22-12-23-19(15)25-7-5-13(6-8-25)27-17-4-2-1-3-14(17)18(21)26/h1-4,12-13H,5-10H2,(H2,21,26). The molecule has 3 heterocycles. The number of piperidine rings is 1. The Morgan fingerprint density at radius 3 is 2.74 bits per heavy atom. The Balaban J connectivity index is 1.43. The van der Waals surface area contributed by atoms with Gasteiger partial charge >= 0.3 is 0 Å². The predicted octanol–water partition coefficient (Wildman–Crippen LogP) is 1.42. The van der Waals surface area contributed by atoms with Crippen molar-refractivity contribution in [3.8, 4) is 11.9 Å².